The molecule has 1 amide bonds. The summed E-state index contributed by atoms with van der Waals surface area (Å²) in [6, 6.07) is 10.7. The molecule has 2 rings (SSSR count). The number of nitrogens with zero attached hydrogens (tertiary/aromatic N) is 1. The van der Waals surface area contributed by atoms with E-state index >= 15 is 0 Å². The van der Waals surface area contributed by atoms with Crippen LogP contribution in [-0.2, 0) is 0 Å². The second-order valence-electron chi connectivity index (χ2n) is 4.82. The van der Waals surface area contributed by atoms with E-state index in [4.69, 9.17) is 4.74 Å². The highest BCUT2D eigenvalue weighted by Gasteiger charge is 2.05. The van der Waals surface area contributed by atoms with Crippen LogP contribution in [0.5, 0.6) is 11.5 Å². The highest BCUT2D eigenvalue weighted by atomic mass is 16.5. The normalized spacial score (nSPS) is 10.2. The van der Waals surface area contributed by atoms with E-state index in [2.05, 4.69) is 22.5 Å². The molecule has 0 saturated carbocycles. The van der Waals surface area contributed by atoms with E-state index in [1.54, 1.807) is 36.7 Å². The minimum Gasteiger partial charge on any atom is -0.456 e. The molecule has 5 heteroatoms. The average Bonchev–Trinajstić information content (AvgIpc) is 2.56. The van der Waals surface area contributed by atoms with Gasteiger partial charge in [0.25, 0.3) is 5.91 Å². The van der Waals surface area contributed by atoms with Crippen molar-refractivity contribution in [1.82, 2.24) is 15.6 Å². The topological polar surface area (TPSA) is 63.2 Å². The van der Waals surface area contributed by atoms with Crippen molar-refractivity contribution >= 4 is 5.91 Å². The molecule has 5 nitrogen and oxygen atoms in total. The summed E-state index contributed by atoms with van der Waals surface area (Å²) < 4.78 is 5.63. The van der Waals surface area contributed by atoms with Crippen molar-refractivity contribution in [1.29, 1.82) is 0 Å². The first-order chi connectivity index (χ1) is 10.8. The van der Waals surface area contributed by atoms with Crippen LogP contribution in [0.25, 0.3) is 0 Å². The lowest BCUT2D eigenvalue weighted by Gasteiger charge is -2.08. The summed E-state index contributed by atoms with van der Waals surface area (Å²) in [7, 11) is 0. The zero-order valence-electron chi connectivity index (χ0n) is 12.7. The van der Waals surface area contributed by atoms with Crippen molar-refractivity contribution in [3.05, 3.63) is 54.4 Å². The number of hydrogen-bond donors (Lipinski definition) is 2. The van der Waals surface area contributed by atoms with Gasteiger partial charge in [0.15, 0.2) is 0 Å². The van der Waals surface area contributed by atoms with Gasteiger partial charge in [-0.1, -0.05) is 6.92 Å². The molecular weight excluding hydrogens is 278 g/mol. The fourth-order valence-electron chi connectivity index (χ4n) is 1.89. The predicted octanol–water partition coefficient (Wildman–Crippen LogP) is 2.60. The fraction of sp³-hybridized carbons (Fsp3) is 0.294. The molecule has 0 fully saturated rings. The second-order valence-corrected chi connectivity index (χ2v) is 4.82. The quantitative estimate of drug-likeness (QED) is 0.736. The van der Waals surface area contributed by atoms with Gasteiger partial charge in [0.2, 0.25) is 0 Å². The van der Waals surface area contributed by atoms with E-state index in [-0.39, 0.29) is 5.91 Å². The van der Waals surface area contributed by atoms with Crippen LogP contribution in [0.3, 0.4) is 0 Å². The smallest absolute Gasteiger partial charge is 0.251 e. The van der Waals surface area contributed by atoms with E-state index in [1.165, 1.54) is 0 Å². The Labute approximate surface area is 130 Å². The summed E-state index contributed by atoms with van der Waals surface area (Å²) in [6.07, 6.45) is 4.42. The molecule has 0 atom stereocenters. The van der Waals surface area contributed by atoms with Crippen molar-refractivity contribution in [3.63, 3.8) is 0 Å². The molecule has 0 aliphatic heterocycles. The summed E-state index contributed by atoms with van der Waals surface area (Å²) in [5.74, 6) is 1.27. The predicted molar refractivity (Wildman–Crippen MR) is 86.2 cm³/mol. The maximum Gasteiger partial charge on any atom is 0.251 e. The minimum absolute atomic E-state index is 0.0776. The Morgan fingerprint density at radius 1 is 1.09 bits per heavy atom. The number of pyridine rings is 1. The number of aromatic nitrogens is 1. The van der Waals surface area contributed by atoms with Crippen molar-refractivity contribution in [2.45, 2.75) is 13.3 Å². The van der Waals surface area contributed by atoms with Crippen LogP contribution in [0.4, 0.5) is 0 Å². The minimum atomic E-state index is -0.0776. The number of ether oxygens (including phenoxy) is 1. The lowest BCUT2D eigenvalue weighted by Crippen LogP contribution is -2.32. The zero-order chi connectivity index (χ0) is 15.6. The molecular formula is C17H21N3O2. The van der Waals surface area contributed by atoms with Crippen LogP contribution >= 0.6 is 0 Å². The molecule has 0 saturated heterocycles. The summed E-state index contributed by atoms with van der Waals surface area (Å²) in [4.78, 5) is 15.9. The van der Waals surface area contributed by atoms with Crippen LogP contribution in [-0.4, -0.2) is 30.5 Å². The largest absolute Gasteiger partial charge is 0.456 e. The second kappa shape index (κ2) is 8.79. The van der Waals surface area contributed by atoms with E-state index in [0.29, 0.717) is 23.6 Å². The van der Waals surface area contributed by atoms with Gasteiger partial charge in [-0.15, -0.1) is 0 Å². The number of hydrogen-bond acceptors (Lipinski definition) is 4. The fourth-order valence-corrected chi connectivity index (χ4v) is 1.89. The lowest BCUT2D eigenvalue weighted by molar-refractivity contribution is 0.0954. The van der Waals surface area contributed by atoms with Crippen LogP contribution in [0.1, 0.15) is 23.7 Å². The van der Waals surface area contributed by atoms with Crippen LogP contribution in [0, 0.1) is 0 Å². The highest BCUT2D eigenvalue weighted by molar-refractivity contribution is 5.94. The molecule has 0 aliphatic carbocycles. The van der Waals surface area contributed by atoms with Crippen molar-refractivity contribution in [2.75, 3.05) is 19.6 Å². The standard InChI is InChI=1S/C17H21N3O2/c1-2-9-18-11-12-20-17(21)14-5-7-15(8-6-14)22-16-4-3-10-19-13-16/h3-8,10,13,18H,2,9,11-12H2,1H3,(H,20,21). The van der Waals surface area contributed by atoms with Gasteiger partial charge in [0, 0.05) is 24.8 Å². The first kappa shape index (κ1) is 16.0. The van der Waals surface area contributed by atoms with Gasteiger partial charge in [-0.2, -0.15) is 0 Å². The number of carbonyl (C=O) groups excluding carboxylic acids is 1. The van der Waals surface area contributed by atoms with Crippen LogP contribution < -0.4 is 15.4 Å². The molecule has 0 bridgehead atoms. The number of rotatable bonds is 8. The Bertz CT molecular complexity index is 570. The molecule has 116 valence electrons. The lowest BCUT2D eigenvalue weighted by atomic mass is 10.2. The molecule has 2 aromatic rings. The third-order valence-corrected chi connectivity index (χ3v) is 3.00. The van der Waals surface area contributed by atoms with Crippen molar-refractivity contribution in [2.24, 2.45) is 0 Å². The maximum absolute atomic E-state index is 12.0. The average molecular weight is 299 g/mol. The summed E-state index contributed by atoms with van der Waals surface area (Å²) in [6.45, 7) is 4.48. The Kier molecular flexibility index (Phi) is 6.39. The summed E-state index contributed by atoms with van der Waals surface area (Å²) in [5.41, 5.74) is 0.619. The molecule has 1 aromatic carbocycles. The summed E-state index contributed by atoms with van der Waals surface area (Å²) >= 11 is 0. The van der Waals surface area contributed by atoms with Crippen LogP contribution in [0.15, 0.2) is 48.8 Å². The van der Waals surface area contributed by atoms with E-state index in [1.807, 2.05) is 12.1 Å². The molecule has 0 radical (unpaired) electrons. The Morgan fingerprint density at radius 3 is 2.59 bits per heavy atom. The number of benzene rings is 1. The van der Waals surface area contributed by atoms with Gasteiger partial charge >= 0.3 is 0 Å². The first-order valence-corrected chi connectivity index (χ1v) is 7.46. The number of nitrogens with one attached hydrogen (secondary N) is 2. The molecule has 1 aromatic heterocycles. The number of carbonyl (C=O) groups is 1. The molecule has 22 heavy (non-hydrogen) atoms. The Morgan fingerprint density at radius 2 is 1.91 bits per heavy atom. The van der Waals surface area contributed by atoms with Crippen molar-refractivity contribution in [3.8, 4) is 11.5 Å². The molecule has 1 heterocycles. The monoisotopic (exact) mass is 299 g/mol. The van der Waals surface area contributed by atoms with Gasteiger partial charge in [0.1, 0.15) is 11.5 Å². The maximum atomic E-state index is 12.0. The third-order valence-electron chi connectivity index (χ3n) is 3.00. The third kappa shape index (κ3) is 5.18. The van der Waals surface area contributed by atoms with E-state index in [9.17, 15) is 4.79 Å². The van der Waals surface area contributed by atoms with Gasteiger partial charge in [0.05, 0.1) is 6.20 Å². The van der Waals surface area contributed by atoms with E-state index < -0.39 is 0 Å². The molecule has 2 N–H and O–H groups in total. The van der Waals surface area contributed by atoms with Gasteiger partial charge in [-0.25, -0.2) is 0 Å². The number of amides is 1. The molecule has 0 spiro atoms. The highest BCUT2D eigenvalue weighted by Crippen LogP contribution is 2.20. The SMILES string of the molecule is CCCNCCNC(=O)c1ccc(Oc2cccnc2)cc1. The van der Waals surface area contributed by atoms with Crippen LogP contribution in [0.2, 0.25) is 0 Å². The zero-order valence-corrected chi connectivity index (χ0v) is 12.7. The Hall–Kier alpha value is -2.40. The van der Waals surface area contributed by atoms with Gasteiger partial charge in [-0.3, -0.25) is 9.78 Å². The first-order valence-electron chi connectivity index (χ1n) is 7.46. The summed E-state index contributed by atoms with van der Waals surface area (Å²) in [5, 5.41) is 6.11. The Balaban J connectivity index is 1.82. The van der Waals surface area contributed by atoms with E-state index in [0.717, 1.165) is 19.5 Å². The van der Waals surface area contributed by atoms with Gasteiger partial charge < -0.3 is 15.4 Å². The molecule has 0 unspecified atom stereocenters. The molecule has 0 aliphatic rings. The van der Waals surface area contributed by atoms with Gasteiger partial charge in [-0.05, 0) is 49.4 Å². The van der Waals surface area contributed by atoms with Crippen molar-refractivity contribution < 1.29 is 9.53 Å².